The van der Waals surface area contributed by atoms with Crippen LogP contribution in [-0.2, 0) is 9.53 Å². The molecule has 0 heterocycles. The second-order valence-electron chi connectivity index (χ2n) is 6.38. The van der Waals surface area contributed by atoms with Crippen LogP contribution in [-0.4, -0.2) is 38.2 Å². The Morgan fingerprint density at radius 1 is 1.11 bits per heavy atom. The monoisotopic (exact) mass is 388 g/mol. The van der Waals surface area contributed by atoms with Gasteiger partial charge in [0.15, 0.2) is 0 Å². The van der Waals surface area contributed by atoms with Crippen LogP contribution in [0.15, 0.2) is 53.5 Å². The number of rotatable bonds is 7. The number of carbonyl (C=O) groups excluding carboxylic acids is 2. The Labute approximate surface area is 166 Å². The molecule has 0 aliphatic heterocycles. The molecular weight excluding hydrogens is 360 g/mol. The van der Waals surface area contributed by atoms with Gasteiger partial charge < -0.3 is 24.4 Å². The van der Waals surface area contributed by atoms with Crippen molar-refractivity contribution >= 4 is 17.7 Å². The van der Waals surface area contributed by atoms with Crippen LogP contribution >= 0.6 is 0 Å². The molecular formula is C21H28N2O5. The lowest BCUT2D eigenvalue weighted by Crippen LogP contribution is -2.30. The topological polar surface area (TPSA) is 77.1 Å². The third-order valence-electron chi connectivity index (χ3n) is 3.87. The highest BCUT2D eigenvalue weighted by atomic mass is 16.5. The van der Waals surface area contributed by atoms with Gasteiger partial charge in [-0.2, -0.15) is 0 Å². The SMILES string of the molecule is C=C(C)C(=O)OC(/C=C(\C)N(C)C(=O)Nc1cc(OC)ccc1OC)=C(C)C. The second kappa shape index (κ2) is 10.2. The number of allylic oxidation sites excluding steroid dienone is 3. The van der Waals surface area contributed by atoms with Crippen LogP contribution in [0.5, 0.6) is 11.5 Å². The van der Waals surface area contributed by atoms with E-state index in [2.05, 4.69) is 11.9 Å². The van der Waals surface area contributed by atoms with E-state index in [1.54, 1.807) is 52.3 Å². The molecule has 0 saturated carbocycles. The van der Waals surface area contributed by atoms with Crippen LogP contribution in [0.4, 0.5) is 10.5 Å². The standard InChI is InChI=1S/C21H28N2O5/c1-13(2)19(28-20(24)14(3)4)11-15(5)23(6)21(25)22-17-12-16(26-7)9-10-18(17)27-8/h9-12H,3H2,1-2,4-8H3,(H,22,25)/b15-11+. The van der Waals surface area contributed by atoms with Crippen molar-refractivity contribution in [1.29, 1.82) is 0 Å². The van der Waals surface area contributed by atoms with Gasteiger partial charge in [-0.15, -0.1) is 0 Å². The van der Waals surface area contributed by atoms with Crippen LogP contribution in [0.2, 0.25) is 0 Å². The van der Waals surface area contributed by atoms with Gasteiger partial charge in [-0.3, -0.25) is 0 Å². The summed E-state index contributed by atoms with van der Waals surface area (Å²) in [6.07, 6.45) is 1.62. The molecule has 0 fully saturated rings. The number of carbonyl (C=O) groups is 2. The van der Waals surface area contributed by atoms with E-state index in [9.17, 15) is 9.59 Å². The lowest BCUT2D eigenvalue weighted by molar-refractivity contribution is -0.134. The molecule has 0 aliphatic carbocycles. The van der Waals surface area contributed by atoms with Crippen molar-refractivity contribution in [3.05, 3.63) is 53.5 Å². The number of hydrogen-bond acceptors (Lipinski definition) is 5. The predicted octanol–water partition coefficient (Wildman–Crippen LogP) is 4.48. The van der Waals surface area contributed by atoms with Gasteiger partial charge >= 0.3 is 12.0 Å². The summed E-state index contributed by atoms with van der Waals surface area (Å²) in [5.74, 6) is 0.937. The van der Waals surface area contributed by atoms with Crippen molar-refractivity contribution < 1.29 is 23.8 Å². The Morgan fingerprint density at radius 3 is 2.25 bits per heavy atom. The molecule has 0 atom stereocenters. The van der Waals surface area contributed by atoms with Gasteiger partial charge in [0.05, 0.1) is 19.9 Å². The number of benzene rings is 1. The third-order valence-corrected chi connectivity index (χ3v) is 3.87. The number of methoxy groups -OCH3 is 2. The van der Waals surface area contributed by atoms with Crippen molar-refractivity contribution in [3.8, 4) is 11.5 Å². The molecule has 1 aromatic carbocycles. The summed E-state index contributed by atoms with van der Waals surface area (Å²) in [4.78, 5) is 25.9. The fourth-order valence-corrected chi connectivity index (χ4v) is 2.02. The van der Waals surface area contributed by atoms with E-state index in [0.29, 0.717) is 34.2 Å². The average molecular weight is 388 g/mol. The summed E-state index contributed by atoms with van der Waals surface area (Å²) in [6.45, 7) is 10.5. The largest absolute Gasteiger partial charge is 0.497 e. The molecule has 1 N–H and O–H groups in total. The lowest BCUT2D eigenvalue weighted by Gasteiger charge is -2.20. The quantitative estimate of drug-likeness (QED) is 0.322. The summed E-state index contributed by atoms with van der Waals surface area (Å²) in [6, 6.07) is 4.72. The zero-order valence-electron chi connectivity index (χ0n) is 17.5. The van der Waals surface area contributed by atoms with E-state index in [1.165, 1.54) is 12.0 Å². The Balaban J connectivity index is 3.03. The first-order valence-corrected chi connectivity index (χ1v) is 8.60. The highest BCUT2D eigenvalue weighted by Crippen LogP contribution is 2.29. The normalized spacial score (nSPS) is 10.6. The van der Waals surface area contributed by atoms with Gasteiger partial charge in [0.2, 0.25) is 0 Å². The fraction of sp³-hybridized carbons (Fsp3) is 0.333. The number of nitrogens with one attached hydrogen (secondary N) is 1. The minimum absolute atomic E-state index is 0.293. The Bertz CT molecular complexity index is 820. The minimum Gasteiger partial charge on any atom is -0.497 e. The van der Waals surface area contributed by atoms with Crippen molar-refractivity contribution in [2.45, 2.75) is 27.7 Å². The molecule has 0 spiro atoms. The molecule has 0 aliphatic rings. The Kier molecular flexibility index (Phi) is 8.31. The molecule has 0 saturated heterocycles. The molecule has 0 radical (unpaired) electrons. The summed E-state index contributed by atoms with van der Waals surface area (Å²) < 4.78 is 15.8. The maximum Gasteiger partial charge on any atom is 0.338 e. The lowest BCUT2D eigenvalue weighted by atomic mass is 10.2. The summed E-state index contributed by atoms with van der Waals surface area (Å²) in [5, 5.41) is 2.78. The fourth-order valence-electron chi connectivity index (χ4n) is 2.02. The first-order chi connectivity index (χ1) is 13.1. The van der Waals surface area contributed by atoms with E-state index in [0.717, 1.165) is 5.57 Å². The third kappa shape index (κ3) is 6.19. The second-order valence-corrected chi connectivity index (χ2v) is 6.38. The molecule has 7 heteroatoms. The summed E-state index contributed by atoms with van der Waals surface area (Å²) in [5.41, 5.74) is 2.13. The van der Waals surface area contributed by atoms with Gasteiger partial charge in [-0.25, -0.2) is 9.59 Å². The first kappa shape index (κ1) is 22.8. The number of nitrogens with zero attached hydrogens (tertiary/aromatic N) is 1. The zero-order valence-corrected chi connectivity index (χ0v) is 17.5. The van der Waals surface area contributed by atoms with E-state index < -0.39 is 5.97 Å². The number of urea groups is 1. The van der Waals surface area contributed by atoms with Gasteiger partial charge in [0, 0.05) is 30.5 Å². The highest BCUT2D eigenvalue weighted by Gasteiger charge is 2.16. The molecule has 1 rings (SSSR count). The molecule has 0 aromatic heterocycles. The molecule has 2 amide bonds. The number of anilines is 1. The molecule has 28 heavy (non-hydrogen) atoms. The Hall–Kier alpha value is -3.22. The van der Waals surface area contributed by atoms with E-state index in [-0.39, 0.29) is 6.03 Å². The summed E-state index contributed by atoms with van der Waals surface area (Å²) in [7, 11) is 4.67. The minimum atomic E-state index is -0.520. The van der Waals surface area contributed by atoms with Crippen LogP contribution in [0.3, 0.4) is 0 Å². The van der Waals surface area contributed by atoms with E-state index in [4.69, 9.17) is 14.2 Å². The van der Waals surface area contributed by atoms with Crippen LogP contribution in [0.1, 0.15) is 27.7 Å². The number of amides is 2. The van der Waals surface area contributed by atoms with Crippen LogP contribution in [0.25, 0.3) is 0 Å². The predicted molar refractivity (Wildman–Crippen MR) is 109 cm³/mol. The number of ether oxygens (including phenoxy) is 3. The molecule has 7 nitrogen and oxygen atoms in total. The number of hydrogen-bond donors (Lipinski definition) is 1. The van der Waals surface area contributed by atoms with Gasteiger partial charge in [-0.1, -0.05) is 6.58 Å². The van der Waals surface area contributed by atoms with Gasteiger partial charge in [-0.05, 0) is 45.4 Å². The average Bonchev–Trinajstić information content (AvgIpc) is 2.66. The van der Waals surface area contributed by atoms with Crippen LogP contribution in [0, 0.1) is 0 Å². The van der Waals surface area contributed by atoms with Gasteiger partial charge in [0.25, 0.3) is 0 Å². The van der Waals surface area contributed by atoms with E-state index in [1.807, 2.05) is 13.8 Å². The van der Waals surface area contributed by atoms with Gasteiger partial charge in [0.1, 0.15) is 17.3 Å². The smallest absolute Gasteiger partial charge is 0.338 e. The van der Waals surface area contributed by atoms with E-state index >= 15 is 0 Å². The highest BCUT2D eigenvalue weighted by molar-refractivity contribution is 5.92. The van der Waals surface area contributed by atoms with Crippen molar-refractivity contribution in [3.63, 3.8) is 0 Å². The van der Waals surface area contributed by atoms with Crippen molar-refractivity contribution in [1.82, 2.24) is 4.90 Å². The first-order valence-electron chi connectivity index (χ1n) is 8.60. The molecule has 0 bridgehead atoms. The zero-order chi connectivity index (χ0) is 21.4. The summed E-state index contributed by atoms with van der Waals surface area (Å²) >= 11 is 0. The molecule has 0 unspecified atom stereocenters. The number of esters is 1. The Morgan fingerprint density at radius 2 is 1.75 bits per heavy atom. The maximum absolute atomic E-state index is 12.6. The van der Waals surface area contributed by atoms with Crippen molar-refractivity contribution in [2.75, 3.05) is 26.6 Å². The molecule has 152 valence electrons. The van der Waals surface area contributed by atoms with Crippen molar-refractivity contribution in [2.24, 2.45) is 0 Å². The molecule has 1 aromatic rings. The maximum atomic E-state index is 12.6. The van der Waals surface area contributed by atoms with Crippen LogP contribution < -0.4 is 14.8 Å².